The molecule has 0 bridgehead atoms. The molecule has 0 aliphatic carbocycles. The second-order valence-electron chi connectivity index (χ2n) is 5.92. The molecule has 5 nitrogen and oxygen atoms in total. The summed E-state index contributed by atoms with van der Waals surface area (Å²) in [6, 6.07) is 16.4. The minimum Gasteiger partial charge on any atom is -0.352 e. The highest BCUT2D eigenvalue weighted by Crippen LogP contribution is 2.19. The molecule has 134 valence electrons. The largest absolute Gasteiger partial charge is 0.352 e. The van der Waals surface area contributed by atoms with E-state index in [2.05, 4.69) is 10.0 Å². The standard InChI is InChI=1S/C19H24N2O3S/c1-3-17(18-7-5-4-6-8-18)14-21-25(23,24)19-11-9-16(10-12-19)13-20-15(2)22/h4-12,17,21H,3,13-14H2,1-2H3,(H,20,22)/t17-/m0/s1. The van der Waals surface area contributed by atoms with Gasteiger partial charge in [0.1, 0.15) is 0 Å². The first-order valence-electron chi connectivity index (χ1n) is 8.30. The van der Waals surface area contributed by atoms with Gasteiger partial charge in [0.25, 0.3) is 0 Å². The van der Waals surface area contributed by atoms with E-state index in [1.807, 2.05) is 37.3 Å². The number of rotatable bonds is 8. The van der Waals surface area contributed by atoms with E-state index in [9.17, 15) is 13.2 Å². The Bertz CT molecular complexity index is 787. The number of nitrogens with one attached hydrogen (secondary N) is 2. The van der Waals surface area contributed by atoms with E-state index < -0.39 is 10.0 Å². The van der Waals surface area contributed by atoms with Gasteiger partial charge in [0.05, 0.1) is 4.90 Å². The Hall–Kier alpha value is -2.18. The second kappa shape index (κ2) is 8.78. The van der Waals surface area contributed by atoms with Crippen LogP contribution in [0.5, 0.6) is 0 Å². The normalized spacial score (nSPS) is 12.6. The van der Waals surface area contributed by atoms with E-state index >= 15 is 0 Å². The van der Waals surface area contributed by atoms with E-state index in [1.54, 1.807) is 24.3 Å². The highest BCUT2D eigenvalue weighted by atomic mass is 32.2. The molecule has 0 radical (unpaired) electrons. The lowest BCUT2D eigenvalue weighted by atomic mass is 9.97. The van der Waals surface area contributed by atoms with Crippen molar-refractivity contribution >= 4 is 15.9 Å². The maximum Gasteiger partial charge on any atom is 0.240 e. The Morgan fingerprint density at radius 3 is 2.24 bits per heavy atom. The van der Waals surface area contributed by atoms with Gasteiger partial charge >= 0.3 is 0 Å². The van der Waals surface area contributed by atoms with Crippen molar-refractivity contribution in [2.24, 2.45) is 0 Å². The zero-order chi connectivity index (χ0) is 18.3. The average Bonchev–Trinajstić information content (AvgIpc) is 2.61. The number of carbonyl (C=O) groups is 1. The van der Waals surface area contributed by atoms with Gasteiger partial charge in [-0.25, -0.2) is 13.1 Å². The monoisotopic (exact) mass is 360 g/mol. The van der Waals surface area contributed by atoms with Crippen LogP contribution in [0.2, 0.25) is 0 Å². The second-order valence-corrected chi connectivity index (χ2v) is 7.69. The highest BCUT2D eigenvalue weighted by Gasteiger charge is 2.17. The topological polar surface area (TPSA) is 75.3 Å². The molecule has 0 unspecified atom stereocenters. The van der Waals surface area contributed by atoms with Crippen molar-refractivity contribution in [3.63, 3.8) is 0 Å². The van der Waals surface area contributed by atoms with E-state index in [4.69, 9.17) is 0 Å². The summed E-state index contributed by atoms with van der Waals surface area (Å²) in [6.45, 7) is 4.23. The number of sulfonamides is 1. The van der Waals surface area contributed by atoms with Gasteiger partial charge in [-0.05, 0) is 35.6 Å². The van der Waals surface area contributed by atoms with Crippen molar-refractivity contribution < 1.29 is 13.2 Å². The van der Waals surface area contributed by atoms with Crippen molar-refractivity contribution in [3.05, 3.63) is 65.7 Å². The lowest BCUT2D eigenvalue weighted by Crippen LogP contribution is -2.28. The molecule has 0 aliphatic heterocycles. The van der Waals surface area contributed by atoms with Crippen molar-refractivity contribution in [1.29, 1.82) is 0 Å². The van der Waals surface area contributed by atoms with Gasteiger partial charge in [-0.1, -0.05) is 49.4 Å². The predicted octanol–water partition coefficient (Wildman–Crippen LogP) is 2.79. The summed E-state index contributed by atoms with van der Waals surface area (Å²) in [7, 11) is -3.56. The van der Waals surface area contributed by atoms with Crippen LogP contribution >= 0.6 is 0 Å². The number of hydrogen-bond donors (Lipinski definition) is 2. The van der Waals surface area contributed by atoms with Crippen molar-refractivity contribution in [1.82, 2.24) is 10.0 Å². The summed E-state index contributed by atoms with van der Waals surface area (Å²) >= 11 is 0. The zero-order valence-electron chi connectivity index (χ0n) is 14.5. The Kier molecular flexibility index (Phi) is 6.73. The molecule has 2 N–H and O–H groups in total. The minimum absolute atomic E-state index is 0.120. The summed E-state index contributed by atoms with van der Waals surface area (Å²) in [5.74, 6) is 0.0138. The van der Waals surface area contributed by atoms with Crippen molar-refractivity contribution in [2.75, 3.05) is 6.54 Å². The molecule has 0 aliphatic rings. The van der Waals surface area contributed by atoms with Crippen molar-refractivity contribution in [3.8, 4) is 0 Å². The molecule has 25 heavy (non-hydrogen) atoms. The van der Waals surface area contributed by atoms with E-state index in [-0.39, 0.29) is 16.7 Å². The molecule has 1 atom stereocenters. The molecule has 0 saturated carbocycles. The van der Waals surface area contributed by atoms with Gasteiger partial charge in [0.15, 0.2) is 0 Å². The van der Waals surface area contributed by atoms with Gasteiger partial charge in [-0.3, -0.25) is 4.79 Å². The van der Waals surface area contributed by atoms with Gasteiger partial charge in [-0.2, -0.15) is 0 Å². The van der Waals surface area contributed by atoms with E-state index in [0.717, 1.165) is 17.5 Å². The van der Waals surface area contributed by atoms with Crippen LogP contribution in [-0.4, -0.2) is 20.9 Å². The Morgan fingerprint density at radius 2 is 1.68 bits per heavy atom. The van der Waals surface area contributed by atoms with Crippen LogP contribution < -0.4 is 10.0 Å². The van der Waals surface area contributed by atoms with Crippen LogP contribution in [0, 0.1) is 0 Å². The van der Waals surface area contributed by atoms with Crippen LogP contribution in [0.1, 0.15) is 37.3 Å². The van der Waals surface area contributed by atoms with E-state index in [0.29, 0.717) is 13.1 Å². The molecule has 0 fully saturated rings. The lowest BCUT2D eigenvalue weighted by molar-refractivity contribution is -0.119. The van der Waals surface area contributed by atoms with Crippen LogP contribution in [0.3, 0.4) is 0 Å². The third-order valence-corrected chi connectivity index (χ3v) is 5.50. The van der Waals surface area contributed by atoms with Crippen LogP contribution in [0.15, 0.2) is 59.5 Å². The predicted molar refractivity (Wildman–Crippen MR) is 98.6 cm³/mol. The number of amides is 1. The highest BCUT2D eigenvalue weighted by molar-refractivity contribution is 7.89. The number of benzene rings is 2. The van der Waals surface area contributed by atoms with Gasteiger partial charge in [0, 0.05) is 20.0 Å². The SMILES string of the molecule is CC[C@@H](CNS(=O)(=O)c1ccc(CNC(C)=O)cc1)c1ccccc1. The molecule has 0 aromatic heterocycles. The zero-order valence-corrected chi connectivity index (χ0v) is 15.3. The third-order valence-electron chi connectivity index (χ3n) is 4.06. The summed E-state index contributed by atoms with van der Waals surface area (Å²) in [5.41, 5.74) is 1.98. The molecular weight excluding hydrogens is 336 g/mol. The summed E-state index contributed by atoms with van der Waals surface area (Å²) in [6.07, 6.45) is 0.849. The summed E-state index contributed by atoms with van der Waals surface area (Å²) in [4.78, 5) is 11.1. The van der Waals surface area contributed by atoms with Crippen LogP contribution in [0.4, 0.5) is 0 Å². The van der Waals surface area contributed by atoms with Crippen LogP contribution in [-0.2, 0) is 21.4 Å². The number of hydrogen-bond acceptors (Lipinski definition) is 3. The fourth-order valence-corrected chi connectivity index (χ4v) is 3.61. The van der Waals surface area contributed by atoms with Crippen molar-refractivity contribution in [2.45, 2.75) is 37.6 Å². The maximum absolute atomic E-state index is 12.5. The molecule has 2 aromatic rings. The number of carbonyl (C=O) groups excluding carboxylic acids is 1. The van der Waals surface area contributed by atoms with Gasteiger partial charge < -0.3 is 5.32 Å². The molecule has 0 heterocycles. The Balaban J connectivity index is 2.02. The molecule has 2 aromatic carbocycles. The van der Waals surface area contributed by atoms with Gasteiger partial charge in [0.2, 0.25) is 15.9 Å². The molecule has 2 rings (SSSR count). The van der Waals surface area contributed by atoms with Crippen LogP contribution in [0.25, 0.3) is 0 Å². The molecule has 0 spiro atoms. The first kappa shape index (κ1) is 19.1. The average molecular weight is 360 g/mol. The fraction of sp³-hybridized carbons (Fsp3) is 0.316. The molecule has 6 heteroatoms. The first-order valence-corrected chi connectivity index (χ1v) is 9.78. The summed E-state index contributed by atoms with van der Waals surface area (Å²) in [5, 5.41) is 2.68. The Morgan fingerprint density at radius 1 is 1.04 bits per heavy atom. The third kappa shape index (κ3) is 5.69. The smallest absolute Gasteiger partial charge is 0.240 e. The molecule has 1 amide bonds. The Labute approximate surface area is 149 Å². The maximum atomic E-state index is 12.5. The fourth-order valence-electron chi connectivity index (χ4n) is 2.53. The quantitative estimate of drug-likeness (QED) is 0.760. The van der Waals surface area contributed by atoms with Gasteiger partial charge in [-0.15, -0.1) is 0 Å². The van der Waals surface area contributed by atoms with E-state index in [1.165, 1.54) is 6.92 Å². The summed E-state index contributed by atoms with van der Waals surface area (Å²) < 4.78 is 27.7. The molecular formula is C19H24N2O3S. The minimum atomic E-state index is -3.56. The first-order chi connectivity index (χ1) is 11.9. The molecule has 0 saturated heterocycles. The lowest BCUT2D eigenvalue weighted by Gasteiger charge is -2.16.